The quantitative estimate of drug-likeness (QED) is 0.401. The minimum absolute atomic E-state index is 0. The lowest BCUT2D eigenvalue weighted by Crippen LogP contribution is -2.50. The number of aryl methyl sites for hydroxylation is 1. The van der Waals surface area contributed by atoms with E-state index in [1.165, 1.54) is 43.7 Å². The summed E-state index contributed by atoms with van der Waals surface area (Å²) in [7, 11) is -3.72. The standard InChI is InChI=1S/C28H36N6O5S2.ClH/c1-3-39-28(36)33-16-18-34(19-17-33)41(37,38)23-7-5-22(6-8-23)26(35)29-10-11-31-12-14-32(15-13-31)27-30-24-9-4-21(2)20-25(24)40-27;/h4-9,20H,3,10-19H2,1-2H3,(H,29,35);1H. The van der Waals surface area contributed by atoms with E-state index < -0.39 is 16.1 Å². The van der Waals surface area contributed by atoms with E-state index in [1.54, 1.807) is 18.3 Å². The van der Waals surface area contributed by atoms with E-state index in [4.69, 9.17) is 9.72 Å². The van der Waals surface area contributed by atoms with Gasteiger partial charge in [-0.1, -0.05) is 17.4 Å². The predicted molar refractivity (Wildman–Crippen MR) is 166 cm³/mol. The van der Waals surface area contributed by atoms with Crippen LogP contribution in [0.3, 0.4) is 0 Å². The Morgan fingerprint density at radius 1 is 0.976 bits per heavy atom. The number of thiazole rings is 1. The molecule has 3 aromatic rings. The number of fused-ring (bicyclic) bond motifs is 1. The van der Waals surface area contributed by atoms with Gasteiger partial charge >= 0.3 is 6.09 Å². The highest BCUT2D eigenvalue weighted by Gasteiger charge is 2.30. The number of hydrogen-bond acceptors (Lipinski definition) is 9. The van der Waals surface area contributed by atoms with Crippen LogP contribution in [0.1, 0.15) is 22.8 Å². The van der Waals surface area contributed by atoms with Gasteiger partial charge in [0.25, 0.3) is 5.91 Å². The first kappa shape index (κ1) is 32.0. The minimum Gasteiger partial charge on any atom is -0.450 e. The van der Waals surface area contributed by atoms with Crippen molar-refractivity contribution < 1.29 is 22.7 Å². The molecule has 5 rings (SSSR count). The molecule has 2 fully saturated rings. The van der Waals surface area contributed by atoms with Crippen molar-refractivity contribution >= 4 is 61.1 Å². The van der Waals surface area contributed by atoms with E-state index in [0.717, 1.165) is 43.4 Å². The molecule has 0 radical (unpaired) electrons. The largest absolute Gasteiger partial charge is 0.450 e. The van der Waals surface area contributed by atoms with Crippen LogP contribution in [0.5, 0.6) is 0 Å². The fourth-order valence-corrected chi connectivity index (χ4v) is 7.54. The van der Waals surface area contributed by atoms with E-state index in [1.807, 2.05) is 0 Å². The number of nitrogens with one attached hydrogen (secondary N) is 1. The summed E-state index contributed by atoms with van der Waals surface area (Å²) in [4.78, 5) is 35.7. The highest BCUT2D eigenvalue weighted by Crippen LogP contribution is 2.30. The molecule has 2 aromatic carbocycles. The third-order valence-electron chi connectivity index (χ3n) is 7.41. The molecule has 0 bridgehead atoms. The summed E-state index contributed by atoms with van der Waals surface area (Å²) in [5.41, 5.74) is 2.69. The average molecular weight is 637 g/mol. The minimum atomic E-state index is -3.72. The third kappa shape index (κ3) is 7.32. The lowest BCUT2D eigenvalue weighted by atomic mass is 10.2. The van der Waals surface area contributed by atoms with Crippen molar-refractivity contribution in [3.05, 3.63) is 53.6 Å². The van der Waals surface area contributed by atoms with E-state index in [-0.39, 0.29) is 56.0 Å². The number of ether oxygens (including phenoxy) is 1. The second-order valence-corrected chi connectivity index (χ2v) is 13.1. The zero-order valence-corrected chi connectivity index (χ0v) is 26.3. The van der Waals surface area contributed by atoms with E-state index in [9.17, 15) is 18.0 Å². The highest BCUT2D eigenvalue weighted by molar-refractivity contribution is 7.89. The van der Waals surface area contributed by atoms with Crippen molar-refractivity contribution in [3.63, 3.8) is 0 Å². The Balaban J connectivity index is 0.00000405. The Hall–Kier alpha value is -2.97. The molecule has 3 heterocycles. The van der Waals surface area contributed by atoms with Gasteiger partial charge < -0.3 is 19.9 Å². The number of aromatic nitrogens is 1. The maximum atomic E-state index is 13.1. The molecule has 14 heteroatoms. The van der Waals surface area contributed by atoms with Gasteiger partial charge in [-0.15, -0.1) is 12.4 Å². The summed E-state index contributed by atoms with van der Waals surface area (Å²) in [6, 6.07) is 12.3. The lowest BCUT2D eigenvalue weighted by molar-refractivity contribution is 0.0932. The van der Waals surface area contributed by atoms with Crippen molar-refractivity contribution in [1.82, 2.24) is 24.4 Å². The zero-order valence-electron chi connectivity index (χ0n) is 23.8. The Kier molecular flexibility index (Phi) is 10.7. The number of carbonyl (C=O) groups is 2. The summed E-state index contributed by atoms with van der Waals surface area (Å²) in [5, 5.41) is 4.00. The normalized spacial score (nSPS) is 16.7. The second-order valence-electron chi connectivity index (χ2n) is 10.2. The van der Waals surface area contributed by atoms with Crippen LogP contribution in [-0.2, 0) is 14.8 Å². The SMILES string of the molecule is CCOC(=O)N1CCN(S(=O)(=O)c2ccc(C(=O)NCCN3CCN(c4nc5ccc(C)cc5s4)CC3)cc2)CC1.Cl. The molecule has 0 saturated carbocycles. The Morgan fingerprint density at radius 2 is 1.67 bits per heavy atom. The number of carbonyl (C=O) groups excluding carboxylic acids is 2. The van der Waals surface area contributed by atoms with Gasteiger partial charge in [0.1, 0.15) is 0 Å². The van der Waals surface area contributed by atoms with Gasteiger partial charge in [0.2, 0.25) is 10.0 Å². The number of anilines is 1. The average Bonchev–Trinajstić information content (AvgIpc) is 3.41. The number of rotatable bonds is 8. The molecule has 0 aliphatic carbocycles. The molecule has 0 atom stereocenters. The second kappa shape index (κ2) is 14.0. The van der Waals surface area contributed by atoms with Crippen LogP contribution in [0.25, 0.3) is 10.2 Å². The van der Waals surface area contributed by atoms with Crippen LogP contribution in [0.2, 0.25) is 0 Å². The topological polar surface area (TPSA) is 115 Å². The van der Waals surface area contributed by atoms with Gasteiger partial charge in [0.15, 0.2) is 5.13 Å². The summed E-state index contributed by atoms with van der Waals surface area (Å²) >= 11 is 1.73. The number of hydrogen-bond donors (Lipinski definition) is 1. The summed E-state index contributed by atoms with van der Waals surface area (Å²) < 4.78 is 33.7. The molecule has 228 valence electrons. The van der Waals surface area contributed by atoms with Gasteiger partial charge in [0, 0.05) is 71.0 Å². The number of sulfonamides is 1. The maximum Gasteiger partial charge on any atom is 0.409 e. The van der Waals surface area contributed by atoms with Crippen molar-refractivity contribution in [2.24, 2.45) is 0 Å². The van der Waals surface area contributed by atoms with Crippen LogP contribution < -0.4 is 10.2 Å². The van der Waals surface area contributed by atoms with Gasteiger partial charge in [0.05, 0.1) is 21.7 Å². The van der Waals surface area contributed by atoms with Crippen LogP contribution in [0.4, 0.5) is 9.93 Å². The maximum absolute atomic E-state index is 13.1. The van der Waals surface area contributed by atoms with Gasteiger partial charge in [-0.25, -0.2) is 18.2 Å². The Labute approximate surface area is 256 Å². The lowest BCUT2D eigenvalue weighted by Gasteiger charge is -2.34. The molecule has 0 spiro atoms. The van der Waals surface area contributed by atoms with Crippen molar-refractivity contribution in [2.45, 2.75) is 18.7 Å². The third-order valence-corrected chi connectivity index (χ3v) is 10.4. The number of nitrogens with zero attached hydrogens (tertiary/aromatic N) is 5. The van der Waals surface area contributed by atoms with Gasteiger partial charge in [-0.05, 0) is 55.8 Å². The fourth-order valence-electron chi connectivity index (χ4n) is 5.00. The predicted octanol–water partition coefficient (Wildman–Crippen LogP) is 3.04. The molecule has 1 N–H and O–H groups in total. The van der Waals surface area contributed by atoms with Crippen LogP contribution >= 0.6 is 23.7 Å². The van der Waals surface area contributed by atoms with Gasteiger partial charge in [-0.2, -0.15) is 4.31 Å². The highest BCUT2D eigenvalue weighted by atomic mass is 35.5. The molecular weight excluding hydrogens is 600 g/mol. The molecule has 42 heavy (non-hydrogen) atoms. The number of piperazine rings is 2. The molecule has 2 aliphatic rings. The van der Waals surface area contributed by atoms with Crippen LogP contribution in [0.15, 0.2) is 47.4 Å². The Morgan fingerprint density at radius 3 is 2.33 bits per heavy atom. The van der Waals surface area contributed by atoms with Crippen molar-refractivity contribution in [2.75, 3.05) is 77.0 Å². The Bertz CT molecular complexity index is 1480. The first-order valence-electron chi connectivity index (χ1n) is 13.9. The first-order valence-corrected chi connectivity index (χ1v) is 16.1. The van der Waals surface area contributed by atoms with Gasteiger partial charge in [-0.3, -0.25) is 9.69 Å². The van der Waals surface area contributed by atoms with Crippen molar-refractivity contribution in [3.8, 4) is 0 Å². The van der Waals surface area contributed by atoms with Crippen molar-refractivity contribution in [1.29, 1.82) is 0 Å². The molecule has 2 saturated heterocycles. The van der Waals surface area contributed by atoms with E-state index in [0.29, 0.717) is 12.1 Å². The van der Waals surface area contributed by atoms with Crippen LogP contribution in [-0.4, -0.2) is 112 Å². The van der Waals surface area contributed by atoms with E-state index in [2.05, 4.69) is 40.2 Å². The number of amides is 2. The monoisotopic (exact) mass is 636 g/mol. The van der Waals surface area contributed by atoms with E-state index >= 15 is 0 Å². The first-order chi connectivity index (χ1) is 19.7. The summed E-state index contributed by atoms with van der Waals surface area (Å²) in [6.07, 6.45) is -0.429. The molecule has 1 aromatic heterocycles. The smallest absolute Gasteiger partial charge is 0.409 e. The molecule has 2 amide bonds. The summed E-state index contributed by atoms with van der Waals surface area (Å²) in [6.45, 7) is 9.85. The van der Waals surface area contributed by atoms with Crippen LogP contribution in [0, 0.1) is 6.92 Å². The molecule has 0 unspecified atom stereocenters. The molecular formula is C28H37ClN6O5S2. The zero-order chi connectivity index (χ0) is 29.0. The number of benzene rings is 2. The summed E-state index contributed by atoms with van der Waals surface area (Å²) in [5.74, 6) is -0.236. The molecule has 2 aliphatic heterocycles. The fraction of sp³-hybridized carbons (Fsp3) is 0.464. The molecule has 11 nitrogen and oxygen atoms in total. The number of halogens is 1.